The molecule has 0 aromatic heterocycles. The smallest absolute Gasteiger partial charge is 0.255 e. The summed E-state index contributed by atoms with van der Waals surface area (Å²) in [6.45, 7) is 1.56. The lowest BCUT2D eigenvalue weighted by molar-refractivity contribution is -0.137. The molecule has 1 saturated heterocycles. The van der Waals surface area contributed by atoms with E-state index in [2.05, 4.69) is 16.0 Å². The van der Waals surface area contributed by atoms with Gasteiger partial charge in [-0.1, -0.05) is 12.1 Å². The van der Waals surface area contributed by atoms with Gasteiger partial charge in [0.25, 0.3) is 5.91 Å². The van der Waals surface area contributed by atoms with Crippen LogP contribution in [0.1, 0.15) is 42.5 Å². The minimum absolute atomic E-state index is 0.0349. The molecular formula is C25H34N6O7. The zero-order chi connectivity index (χ0) is 27.7. The lowest BCUT2D eigenvalue weighted by Crippen LogP contribution is -2.53. The number of likely N-dealkylation sites (N-methyl/N-ethyl adjacent to an activating group) is 1. The van der Waals surface area contributed by atoms with Crippen molar-refractivity contribution < 1.29 is 33.5 Å². The van der Waals surface area contributed by atoms with Crippen molar-refractivity contribution in [2.24, 2.45) is 5.73 Å². The maximum Gasteiger partial charge on any atom is 0.255 e. The van der Waals surface area contributed by atoms with E-state index in [0.29, 0.717) is 25.9 Å². The Balaban J connectivity index is 1.76. The van der Waals surface area contributed by atoms with Crippen LogP contribution < -0.4 is 26.4 Å². The van der Waals surface area contributed by atoms with Crippen LogP contribution in [0.4, 0.5) is 0 Å². The van der Waals surface area contributed by atoms with Gasteiger partial charge in [-0.15, -0.1) is 0 Å². The molecule has 1 aromatic carbocycles. The predicted octanol–water partition coefficient (Wildman–Crippen LogP) is -1.49. The summed E-state index contributed by atoms with van der Waals surface area (Å²) in [6, 6.07) is 3.90. The molecule has 38 heavy (non-hydrogen) atoms. The SMILES string of the molecule is CN1CCOc2ccccc2C(=O)N[C@H](C(=O)NCCCN2CCCC2=O)CC(=O)N[C@@H](CC(N)=O)C1=O. The monoisotopic (exact) mass is 530 g/mol. The maximum atomic E-state index is 13.1. The van der Waals surface area contributed by atoms with Crippen molar-refractivity contribution in [3.8, 4) is 5.75 Å². The second kappa shape index (κ2) is 13.4. The molecule has 0 aliphatic carbocycles. The van der Waals surface area contributed by atoms with Gasteiger partial charge in [0, 0.05) is 33.1 Å². The van der Waals surface area contributed by atoms with Crippen LogP contribution in [-0.2, 0) is 24.0 Å². The second-order valence-corrected chi connectivity index (χ2v) is 9.25. The Morgan fingerprint density at radius 2 is 1.89 bits per heavy atom. The first kappa shape index (κ1) is 28.4. The summed E-state index contributed by atoms with van der Waals surface area (Å²) in [6.07, 6.45) is 0.918. The van der Waals surface area contributed by atoms with E-state index in [1.165, 1.54) is 18.0 Å². The summed E-state index contributed by atoms with van der Waals surface area (Å²) in [4.78, 5) is 78.2. The number of nitrogens with one attached hydrogen (secondary N) is 3. The van der Waals surface area contributed by atoms with Crippen LogP contribution in [0, 0.1) is 0 Å². The van der Waals surface area contributed by atoms with Crippen molar-refractivity contribution >= 4 is 35.4 Å². The molecule has 13 heteroatoms. The number of nitrogens with two attached hydrogens (primary N) is 1. The fraction of sp³-hybridized carbons (Fsp3) is 0.520. The van der Waals surface area contributed by atoms with Gasteiger partial charge in [-0.05, 0) is 25.0 Å². The summed E-state index contributed by atoms with van der Waals surface area (Å²) in [5.74, 6) is -2.96. The van der Waals surface area contributed by atoms with Crippen molar-refractivity contribution in [2.75, 3.05) is 39.8 Å². The van der Waals surface area contributed by atoms with Gasteiger partial charge in [0.15, 0.2) is 0 Å². The van der Waals surface area contributed by atoms with Gasteiger partial charge in [-0.3, -0.25) is 28.8 Å². The average Bonchev–Trinajstić information content (AvgIpc) is 3.29. The highest BCUT2D eigenvalue weighted by atomic mass is 16.5. The third kappa shape index (κ3) is 7.92. The van der Waals surface area contributed by atoms with Crippen molar-refractivity contribution in [2.45, 2.75) is 44.2 Å². The van der Waals surface area contributed by atoms with Gasteiger partial charge >= 0.3 is 0 Å². The largest absolute Gasteiger partial charge is 0.491 e. The minimum atomic E-state index is -1.28. The molecule has 5 N–H and O–H groups in total. The number of carbonyl (C=O) groups is 6. The molecule has 0 radical (unpaired) electrons. The fourth-order valence-corrected chi connectivity index (χ4v) is 4.28. The average molecular weight is 531 g/mol. The Kier molecular flexibility index (Phi) is 10.0. The molecule has 0 saturated carbocycles. The molecule has 3 rings (SSSR count). The molecule has 2 heterocycles. The number of nitrogens with zero attached hydrogens (tertiary/aromatic N) is 2. The Labute approximate surface area is 220 Å². The third-order valence-corrected chi connectivity index (χ3v) is 6.32. The number of carbonyl (C=O) groups excluding carboxylic acids is 6. The summed E-state index contributed by atoms with van der Waals surface area (Å²) >= 11 is 0. The molecule has 0 spiro atoms. The van der Waals surface area contributed by atoms with Gasteiger partial charge in [-0.25, -0.2) is 0 Å². The number of fused-ring (bicyclic) bond motifs is 1. The Morgan fingerprint density at radius 1 is 1.13 bits per heavy atom. The highest BCUT2D eigenvalue weighted by molar-refractivity contribution is 6.01. The molecule has 2 aliphatic heterocycles. The van der Waals surface area contributed by atoms with Crippen LogP contribution in [0.3, 0.4) is 0 Å². The highest BCUT2D eigenvalue weighted by Crippen LogP contribution is 2.18. The summed E-state index contributed by atoms with van der Waals surface area (Å²) in [5, 5.41) is 7.74. The van der Waals surface area contributed by atoms with E-state index in [4.69, 9.17) is 10.5 Å². The molecule has 206 valence electrons. The molecule has 13 nitrogen and oxygen atoms in total. The molecule has 2 aliphatic rings. The first-order valence-corrected chi connectivity index (χ1v) is 12.6. The van der Waals surface area contributed by atoms with E-state index in [1.54, 1.807) is 23.1 Å². The lowest BCUT2D eigenvalue weighted by atomic mass is 10.1. The standard InChI is InChI=1S/C25H34N6O7/c1-30-12-13-38-19-7-3-2-6-16(19)23(35)29-17(15-21(33)28-18(25(30)37)14-20(26)32)24(36)27-9-5-11-31-10-4-8-22(31)34/h2-3,6-7,17-18H,4-5,8-15H2,1H3,(H2,26,32)(H,27,36)(H,28,33)(H,29,35)/t17-,18-/m0/s1. The van der Waals surface area contributed by atoms with Crippen LogP contribution in [0.2, 0.25) is 0 Å². The van der Waals surface area contributed by atoms with Crippen LogP contribution >= 0.6 is 0 Å². The molecule has 0 unspecified atom stereocenters. The zero-order valence-electron chi connectivity index (χ0n) is 21.4. The van der Waals surface area contributed by atoms with E-state index in [9.17, 15) is 28.8 Å². The van der Waals surface area contributed by atoms with Gasteiger partial charge in [0.1, 0.15) is 24.4 Å². The number of benzene rings is 1. The van der Waals surface area contributed by atoms with Crippen molar-refractivity contribution in [1.29, 1.82) is 0 Å². The normalized spacial score (nSPS) is 21.1. The Bertz CT molecular complexity index is 1080. The van der Waals surface area contributed by atoms with E-state index in [1.807, 2.05) is 0 Å². The van der Waals surface area contributed by atoms with E-state index in [-0.39, 0.29) is 36.9 Å². The third-order valence-electron chi connectivity index (χ3n) is 6.32. The summed E-state index contributed by atoms with van der Waals surface area (Å²) < 4.78 is 5.73. The number of ether oxygens (including phenoxy) is 1. The first-order valence-electron chi connectivity index (χ1n) is 12.6. The van der Waals surface area contributed by atoms with Crippen LogP contribution in [-0.4, -0.2) is 97.2 Å². The number of para-hydroxylation sites is 1. The number of rotatable bonds is 7. The number of primary amides is 1. The molecule has 0 bridgehead atoms. The Hall–Kier alpha value is -4.16. The first-order chi connectivity index (χ1) is 18.2. The van der Waals surface area contributed by atoms with Gasteiger partial charge < -0.3 is 36.2 Å². The van der Waals surface area contributed by atoms with Gasteiger partial charge in [0.2, 0.25) is 29.5 Å². The zero-order valence-corrected chi connectivity index (χ0v) is 21.4. The highest BCUT2D eigenvalue weighted by Gasteiger charge is 2.30. The van der Waals surface area contributed by atoms with Crippen molar-refractivity contribution in [1.82, 2.24) is 25.8 Å². The van der Waals surface area contributed by atoms with Gasteiger partial charge in [-0.2, -0.15) is 0 Å². The molecular weight excluding hydrogens is 496 g/mol. The molecule has 1 fully saturated rings. The van der Waals surface area contributed by atoms with Crippen molar-refractivity contribution in [3.05, 3.63) is 29.8 Å². The van der Waals surface area contributed by atoms with Crippen LogP contribution in [0.25, 0.3) is 0 Å². The van der Waals surface area contributed by atoms with Crippen molar-refractivity contribution in [3.63, 3.8) is 0 Å². The quantitative estimate of drug-likeness (QED) is 0.310. The second-order valence-electron chi connectivity index (χ2n) is 9.25. The number of hydrogen-bond donors (Lipinski definition) is 4. The van der Waals surface area contributed by atoms with Crippen LogP contribution in [0.5, 0.6) is 5.75 Å². The van der Waals surface area contributed by atoms with Gasteiger partial charge in [0.05, 0.1) is 24.9 Å². The van der Waals surface area contributed by atoms with E-state index in [0.717, 1.165) is 6.42 Å². The summed E-state index contributed by atoms with van der Waals surface area (Å²) in [5.41, 5.74) is 5.44. The number of hydrogen-bond acceptors (Lipinski definition) is 7. The lowest BCUT2D eigenvalue weighted by Gasteiger charge is -2.26. The number of amides is 6. The fourth-order valence-electron chi connectivity index (χ4n) is 4.28. The topological polar surface area (TPSA) is 180 Å². The van der Waals surface area contributed by atoms with E-state index >= 15 is 0 Å². The maximum absolute atomic E-state index is 13.1. The minimum Gasteiger partial charge on any atom is -0.491 e. The predicted molar refractivity (Wildman–Crippen MR) is 135 cm³/mol. The molecule has 6 amide bonds. The number of likely N-dealkylation sites (tertiary alicyclic amines) is 1. The van der Waals surface area contributed by atoms with E-state index < -0.39 is 54.5 Å². The molecule has 1 aromatic rings. The molecule has 2 atom stereocenters. The van der Waals surface area contributed by atoms with Crippen LogP contribution in [0.15, 0.2) is 24.3 Å². The summed E-state index contributed by atoms with van der Waals surface area (Å²) in [7, 11) is 1.49. The Morgan fingerprint density at radius 3 is 2.61 bits per heavy atom.